The van der Waals surface area contributed by atoms with Crippen molar-refractivity contribution in [3.8, 4) is 0 Å². The lowest BCUT2D eigenvalue weighted by Gasteiger charge is -2.40. The molecule has 0 bridgehead atoms. The SMILES string of the molecule is O=CCCC(C(=O)F)N1Cc2c(ccc(C3C=C(CN4CC(c5ccccc5)C4)C=CN3)c2F)C1=O. The molecular formula is C28H27F2N3O3. The maximum absolute atomic E-state index is 15.6. The second-order valence-corrected chi connectivity index (χ2v) is 9.51. The summed E-state index contributed by atoms with van der Waals surface area (Å²) in [5.41, 5.74) is 3.06. The number of benzene rings is 2. The van der Waals surface area contributed by atoms with Gasteiger partial charge in [0, 0.05) is 48.7 Å². The van der Waals surface area contributed by atoms with Crippen molar-refractivity contribution in [2.75, 3.05) is 19.6 Å². The lowest BCUT2D eigenvalue weighted by atomic mass is 9.90. The molecule has 1 amide bonds. The van der Waals surface area contributed by atoms with E-state index in [0.29, 0.717) is 17.8 Å². The molecule has 0 saturated carbocycles. The zero-order valence-electron chi connectivity index (χ0n) is 19.7. The molecule has 6 nitrogen and oxygen atoms in total. The molecule has 186 valence electrons. The number of aldehydes is 1. The summed E-state index contributed by atoms with van der Waals surface area (Å²) in [5.74, 6) is -0.620. The van der Waals surface area contributed by atoms with Crippen LogP contribution in [0.25, 0.3) is 0 Å². The lowest BCUT2D eigenvalue weighted by Crippen LogP contribution is -2.45. The van der Waals surface area contributed by atoms with Crippen LogP contribution in [0.1, 0.15) is 51.8 Å². The van der Waals surface area contributed by atoms with E-state index >= 15 is 4.39 Å². The van der Waals surface area contributed by atoms with E-state index in [1.54, 1.807) is 12.3 Å². The van der Waals surface area contributed by atoms with E-state index in [1.165, 1.54) is 11.6 Å². The molecule has 1 saturated heterocycles. The highest BCUT2D eigenvalue weighted by atomic mass is 19.1. The van der Waals surface area contributed by atoms with Gasteiger partial charge >= 0.3 is 6.04 Å². The number of carbonyl (C=O) groups excluding carboxylic acids is 3. The second kappa shape index (κ2) is 10.1. The number of fused-ring (bicyclic) bond motifs is 1. The monoisotopic (exact) mass is 491 g/mol. The van der Waals surface area contributed by atoms with E-state index in [4.69, 9.17) is 0 Å². The van der Waals surface area contributed by atoms with Crippen LogP contribution in [0.3, 0.4) is 0 Å². The van der Waals surface area contributed by atoms with Crippen molar-refractivity contribution >= 4 is 18.2 Å². The fourth-order valence-corrected chi connectivity index (χ4v) is 5.26. The van der Waals surface area contributed by atoms with E-state index in [9.17, 15) is 18.8 Å². The number of likely N-dealkylation sites (tertiary alicyclic amines) is 1. The zero-order valence-corrected chi connectivity index (χ0v) is 19.7. The van der Waals surface area contributed by atoms with Crippen molar-refractivity contribution in [3.05, 3.63) is 94.5 Å². The van der Waals surface area contributed by atoms with Crippen molar-refractivity contribution in [2.45, 2.75) is 37.4 Å². The van der Waals surface area contributed by atoms with Gasteiger partial charge in [0.2, 0.25) is 0 Å². The molecule has 2 aromatic rings. The molecule has 3 aliphatic heterocycles. The first-order valence-electron chi connectivity index (χ1n) is 12.1. The molecule has 3 heterocycles. The van der Waals surface area contributed by atoms with Crippen molar-refractivity contribution in [2.24, 2.45) is 0 Å². The molecular weight excluding hydrogens is 464 g/mol. The third-order valence-corrected chi connectivity index (χ3v) is 7.21. The molecule has 1 fully saturated rings. The first kappa shape index (κ1) is 24.1. The van der Waals surface area contributed by atoms with E-state index in [1.807, 2.05) is 18.2 Å². The number of halogens is 2. The van der Waals surface area contributed by atoms with Gasteiger partial charge < -0.3 is 15.0 Å². The number of carbonyl (C=O) groups is 3. The van der Waals surface area contributed by atoms with Crippen LogP contribution >= 0.6 is 0 Å². The maximum Gasteiger partial charge on any atom is 0.323 e. The third kappa shape index (κ3) is 4.60. The van der Waals surface area contributed by atoms with E-state index < -0.39 is 29.8 Å². The minimum Gasteiger partial charge on any atom is -0.380 e. The van der Waals surface area contributed by atoms with Crippen molar-refractivity contribution < 1.29 is 23.2 Å². The predicted octanol–water partition coefficient (Wildman–Crippen LogP) is 3.81. The summed E-state index contributed by atoms with van der Waals surface area (Å²) in [4.78, 5) is 38.3. The number of nitrogens with one attached hydrogen (secondary N) is 1. The molecule has 8 heteroatoms. The number of dihydropyridines is 1. The quantitative estimate of drug-likeness (QED) is 0.427. The minimum absolute atomic E-state index is 0.0663. The number of nitrogens with zero attached hydrogens (tertiary/aromatic N) is 2. The van der Waals surface area contributed by atoms with Crippen LogP contribution in [0.4, 0.5) is 8.78 Å². The minimum atomic E-state index is -1.70. The summed E-state index contributed by atoms with van der Waals surface area (Å²) < 4.78 is 29.2. The highest BCUT2D eigenvalue weighted by Crippen LogP contribution is 2.34. The smallest absolute Gasteiger partial charge is 0.323 e. The van der Waals surface area contributed by atoms with Gasteiger partial charge in [0.15, 0.2) is 0 Å². The number of hydrogen-bond acceptors (Lipinski definition) is 5. The Labute approximate surface area is 208 Å². The Bertz CT molecular complexity index is 1240. The van der Waals surface area contributed by atoms with Crippen LogP contribution < -0.4 is 5.32 Å². The Hall–Kier alpha value is -3.65. The Morgan fingerprint density at radius 2 is 1.94 bits per heavy atom. The fourth-order valence-electron chi connectivity index (χ4n) is 5.26. The Balaban J connectivity index is 1.29. The molecule has 0 radical (unpaired) electrons. The Morgan fingerprint density at radius 3 is 2.67 bits per heavy atom. The topological polar surface area (TPSA) is 69.7 Å². The van der Waals surface area contributed by atoms with Crippen molar-refractivity contribution in [3.63, 3.8) is 0 Å². The third-order valence-electron chi connectivity index (χ3n) is 7.21. The molecule has 0 aliphatic carbocycles. The van der Waals surface area contributed by atoms with Gasteiger partial charge in [-0.3, -0.25) is 14.5 Å². The van der Waals surface area contributed by atoms with Crippen LogP contribution in [0.2, 0.25) is 0 Å². The molecule has 1 N–H and O–H groups in total. The van der Waals surface area contributed by atoms with Crippen molar-refractivity contribution in [1.29, 1.82) is 0 Å². The molecule has 0 spiro atoms. The van der Waals surface area contributed by atoms with Gasteiger partial charge in [0.25, 0.3) is 5.91 Å². The summed E-state index contributed by atoms with van der Waals surface area (Å²) in [6.45, 7) is 2.49. The zero-order chi connectivity index (χ0) is 25.2. The normalized spacial score (nSPS) is 20.4. The predicted molar refractivity (Wildman–Crippen MR) is 130 cm³/mol. The summed E-state index contributed by atoms with van der Waals surface area (Å²) in [5, 5.41) is 3.17. The van der Waals surface area contributed by atoms with Gasteiger partial charge in [-0.05, 0) is 35.9 Å². The van der Waals surface area contributed by atoms with E-state index in [-0.39, 0.29) is 30.5 Å². The molecule has 0 aromatic heterocycles. The Morgan fingerprint density at radius 1 is 1.17 bits per heavy atom. The number of rotatable bonds is 9. The molecule has 2 aromatic carbocycles. The average Bonchev–Trinajstić information content (AvgIpc) is 3.19. The largest absolute Gasteiger partial charge is 0.380 e. The van der Waals surface area contributed by atoms with E-state index in [2.05, 4.69) is 34.5 Å². The van der Waals surface area contributed by atoms with Gasteiger partial charge in [-0.2, -0.15) is 4.39 Å². The molecule has 36 heavy (non-hydrogen) atoms. The highest BCUT2D eigenvalue weighted by Gasteiger charge is 2.39. The van der Waals surface area contributed by atoms with E-state index in [0.717, 1.165) is 30.1 Å². The van der Waals surface area contributed by atoms with Gasteiger partial charge in [-0.25, -0.2) is 4.39 Å². The van der Waals surface area contributed by atoms with Gasteiger partial charge in [0.1, 0.15) is 18.1 Å². The van der Waals surface area contributed by atoms with Gasteiger partial charge in [-0.15, -0.1) is 0 Å². The first-order chi connectivity index (χ1) is 17.5. The second-order valence-electron chi connectivity index (χ2n) is 9.51. The van der Waals surface area contributed by atoms with Crippen LogP contribution in [-0.4, -0.2) is 53.7 Å². The number of amides is 1. The summed E-state index contributed by atoms with van der Waals surface area (Å²) in [6, 6.07) is 10.0. The average molecular weight is 492 g/mol. The molecule has 5 rings (SSSR count). The summed E-state index contributed by atoms with van der Waals surface area (Å²) >= 11 is 0. The number of hydrogen-bond donors (Lipinski definition) is 1. The highest BCUT2D eigenvalue weighted by molar-refractivity contribution is 6.00. The van der Waals surface area contributed by atoms with Crippen LogP contribution in [0.5, 0.6) is 0 Å². The molecule has 2 unspecified atom stereocenters. The summed E-state index contributed by atoms with van der Waals surface area (Å²) in [6.07, 6.45) is 6.13. The van der Waals surface area contributed by atoms with Gasteiger partial charge in [0.05, 0.1) is 12.6 Å². The van der Waals surface area contributed by atoms with Crippen LogP contribution in [0, 0.1) is 5.82 Å². The molecule has 3 aliphatic rings. The van der Waals surface area contributed by atoms with Crippen LogP contribution in [-0.2, 0) is 16.1 Å². The van der Waals surface area contributed by atoms with Crippen molar-refractivity contribution in [1.82, 2.24) is 15.1 Å². The fraction of sp³-hybridized carbons (Fsp3) is 0.321. The maximum atomic E-state index is 15.6. The standard InChI is InChI=1S/C28H27F2N3O3/c29-26-22(9-8-21-23(26)17-33(28(21)36)25(27(30)35)7-4-12-34)24-13-18(10-11-31-24)14-32-15-20(16-32)19-5-2-1-3-6-19/h1-3,5-6,8-13,20,24-25,31H,4,7,14-17H2. The molecule has 2 atom stereocenters. The lowest BCUT2D eigenvalue weighted by molar-refractivity contribution is -0.134. The van der Waals surface area contributed by atoms with Gasteiger partial charge in [-0.1, -0.05) is 42.5 Å². The van der Waals surface area contributed by atoms with Crippen LogP contribution in [0.15, 0.2) is 66.4 Å². The summed E-state index contributed by atoms with van der Waals surface area (Å²) in [7, 11) is 0. The first-order valence-corrected chi connectivity index (χ1v) is 12.1. The Kier molecular flexibility index (Phi) is 6.78.